The maximum absolute atomic E-state index is 12.1. The molecule has 17 heavy (non-hydrogen) atoms. The van der Waals surface area contributed by atoms with Gasteiger partial charge in [-0.1, -0.05) is 6.92 Å². The summed E-state index contributed by atoms with van der Waals surface area (Å²) in [7, 11) is -3.37. The van der Waals surface area contributed by atoms with E-state index in [1.54, 1.807) is 12.1 Å². The van der Waals surface area contributed by atoms with Crippen molar-refractivity contribution in [2.75, 3.05) is 11.9 Å². The molecule has 4 nitrogen and oxygen atoms in total. The molecule has 2 N–H and O–H groups in total. The lowest BCUT2D eigenvalue weighted by atomic mass is 10.2. The van der Waals surface area contributed by atoms with Gasteiger partial charge in [-0.05, 0) is 43.5 Å². The van der Waals surface area contributed by atoms with E-state index in [1.807, 2.05) is 19.9 Å². The zero-order chi connectivity index (χ0) is 12.5. The quantitative estimate of drug-likeness (QED) is 0.860. The minimum atomic E-state index is -3.37. The summed E-state index contributed by atoms with van der Waals surface area (Å²) in [4.78, 5) is 0.361. The third kappa shape index (κ3) is 2.61. The summed E-state index contributed by atoms with van der Waals surface area (Å²) < 4.78 is 26.8. The third-order valence-electron chi connectivity index (χ3n) is 3.07. The van der Waals surface area contributed by atoms with E-state index in [-0.39, 0.29) is 6.04 Å². The Bertz CT molecular complexity index is 511. The minimum Gasteiger partial charge on any atom is -0.384 e. The van der Waals surface area contributed by atoms with Gasteiger partial charge in [-0.15, -0.1) is 0 Å². The fraction of sp³-hybridized carbons (Fsp3) is 0.500. The van der Waals surface area contributed by atoms with Crippen LogP contribution < -0.4 is 10.0 Å². The van der Waals surface area contributed by atoms with E-state index in [9.17, 15) is 8.42 Å². The van der Waals surface area contributed by atoms with Crippen molar-refractivity contribution in [2.45, 2.75) is 37.6 Å². The zero-order valence-corrected chi connectivity index (χ0v) is 11.0. The maximum atomic E-state index is 12.1. The van der Waals surface area contributed by atoms with E-state index < -0.39 is 10.0 Å². The van der Waals surface area contributed by atoms with Gasteiger partial charge in [0.2, 0.25) is 10.0 Å². The molecule has 0 radical (unpaired) electrons. The molecule has 0 aromatic heterocycles. The van der Waals surface area contributed by atoms with E-state index in [0.29, 0.717) is 4.90 Å². The molecule has 0 aliphatic carbocycles. The first-order valence-corrected chi connectivity index (χ1v) is 7.40. The molecule has 1 aliphatic rings. The highest BCUT2D eigenvalue weighted by Crippen LogP contribution is 2.25. The average molecular weight is 254 g/mol. The first-order chi connectivity index (χ1) is 8.03. The van der Waals surface area contributed by atoms with Crippen molar-refractivity contribution in [1.82, 2.24) is 4.72 Å². The molecule has 0 saturated heterocycles. The van der Waals surface area contributed by atoms with Crippen molar-refractivity contribution in [3.63, 3.8) is 0 Å². The lowest BCUT2D eigenvalue weighted by Gasteiger charge is -2.12. The fourth-order valence-corrected chi connectivity index (χ4v) is 3.24. The van der Waals surface area contributed by atoms with E-state index in [4.69, 9.17) is 0 Å². The maximum Gasteiger partial charge on any atom is 0.240 e. The van der Waals surface area contributed by atoms with Crippen LogP contribution in [0.3, 0.4) is 0 Å². The lowest BCUT2D eigenvalue weighted by Crippen LogP contribution is -2.32. The van der Waals surface area contributed by atoms with Crippen molar-refractivity contribution in [2.24, 2.45) is 0 Å². The predicted molar refractivity (Wildman–Crippen MR) is 68.7 cm³/mol. The molecule has 0 saturated carbocycles. The van der Waals surface area contributed by atoms with Crippen LogP contribution in [0.25, 0.3) is 0 Å². The van der Waals surface area contributed by atoms with Gasteiger partial charge in [0.1, 0.15) is 0 Å². The van der Waals surface area contributed by atoms with Gasteiger partial charge in [0, 0.05) is 18.3 Å². The molecule has 1 heterocycles. The van der Waals surface area contributed by atoms with E-state index >= 15 is 0 Å². The molecular weight excluding hydrogens is 236 g/mol. The lowest BCUT2D eigenvalue weighted by molar-refractivity contribution is 0.556. The number of hydrogen-bond donors (Lipinski definition) is 2. The minimum absolute atomic E-state index is 0.0358. The number of rotatable bonds is 4. The standard InChI is InChI=1S/C12H18N2O2S/c1-3-9(2)14-17(15,16)11-4-5-12-10(8-11)6-7-13-12/h4-5,8-9,13-14H,3,6-7H2,1-2H3/t9-/m0/s1. The van der Waals surface area contributed by atoms with Gasteiger partial charge < -0.3 is 5.32 Å². The monoisotopic (exact) mass is 254 g/mol. The van der Waals surface area contributed by atoms with Crippen molar-refractivity contribution >= 4 is 15.7 Å². The first-order valence-electron chi connectivity index (χ1n) is 5.92. The number of anilines is 1. The largest absolute Gasteiger partial charge is 0.384 e. The molecule has 94 valence electrons. The highest BCUT2D eigenvalue weighted by Gasteiger charge is 2.19. The normalized spacial score (nSPS) is 16.4. The molecular formula is C12H18N2O2S. The number of nitrogens with one attached hydrogen (secondary N) is 2. The molecule has 1 aliphatic heterocycles. The Kier molecular flexibility index (Phi) is 3.40. The highest BCUT2D eigenvalue weighted by molar-refractivity contribution is 7.89. The number of benzene rings is 1. The van der Waals surface area contributed by atoms with Gasteiger partial charge in [-0.2, -0.15) is 0 Å². The van der Waals surface area contributed by atoms with Crippen LogP contribution in [0.5, 0.6) is 0 Å². The van der Waals surface area contributed by atoms with Crippen LogP contribution in [-0.4, -0.2) is 21.0 Å². The van der Waals surface area contributed by atoms with Crippen molar-refractivity contribution in [1.29, 1.82) is 0 Å². The van der Waals surface area contributed by atoms with Crippen LogP contribution in [0.1, 0.15) is 25.8 Å². The molecule has 0 spiro atoms. The average Bonchev–Trinajstić information content (AvgIpc) is 2.75. The van der Waals surface area contributed by atoms with E-state index in [0.717, 1.165) is 30.6 Å². The molecule has 1 atom stereocenters. The Labute approximate surface area is 102 Å². The predicted octanol–water partition coefficient (Wildman–Crippen LogP) is 1.73. The summed E-state index contributed by atoms with van der Waals surface area (Å²) in [6.07, 6.45) is 1.67. The Hall–Kier alpha value is -1.07. The summed E-state index contributed by atoms with van der Waals surface area (Å²) in [5, 5.41) is 3.22. The van der Waals surface area contributed by atoms with Gasteiger partial charge in [0.15, 0.2) is 0 Å². The number of fused-ring (bicyclic) bond motifs is 1. The SMILES string of the molecule is CC[C@H](C)NS(=O)(=O)c1ccc2c(c1)CCN2. The third-order valence-corrected chi connectivity index (χ3v) is 4.65. The van der Waals surface area contributed by atoms with Gasteiger partial charge in [0.25, 0.3) is 0 Å². The summed E-state index contributed by atoms with van der Waals surface area (Å²) in [5.74, 6) is 0. The smallest absolute Gasteiger partial charge is 0.240 e. The van der Waals surface area contributed by atoms with Crippen LogP contribution in [0.4, 0.5) is 5.69 Å². The molecule has 0 unspecified atom stereocenters. The molecule has 1 aromatic rings. The van der Waals surface area contributed by atoms with Crippen LogP contribution in [0.2, 0.25) is 0 Å². The van der Waals surface area contributed by atoms with Crippen LogP contribution in [0.15, 0.2) is 23.1 Å². The zero-order valence-electron chi connectivity index (χ0n) is 10.2. The van der Waals surface area contributed by atoms with Crippen LogP contribution >= 0.6 is 0 Å². The second kappa shape index (κ2) is 4.66. The first kappa shape index (κ1) is 12.4. The van der Waals surface area contributed by atoms with E-state index in [1.165, 1.54) is 0 Å². The van der Waals surface area contributed by atoms with Gasteiger partial charge in [-0.25, -0.2) is 13.1 Å². The number of hydrogen-bond acceptors (Lipinski definition) is 3. The van der Waals surface area contributed by atoms with Crippen molar-refractivity contribution < 1.29 is 8.42 Å². The second-order valence-corrected chi connectivity index (χ2v) is 6.14. The Morgan fingerprint density at radius 3 is 2.94 bits per heavy atom. The van der Waals surface area contributed by atoms with Crippen LogP contribution in [-0.2, 0) is 16.4 Å². The van der Waals surface area contributed by atoms with Gasteiger partial charge >= 0.3 is 0 Å². The van der Waals surface area contributed by atoms with Gasteiger partial charge in [-0.3, -0.25) is 0 Å². The molecule has 0 bridgehead atoms. The molecule has 0 fully saturated rings. The second-order valence-electron chi connectivity index (χ2n) is 4.43. The summed E-state index contributed by atoms with van der Waals surface area (Å²) >= 11 is 0. The Morgan fingerprint density at radius 1 is 1.47 bits per heavy atom. The van der Waals surface area contributed by atoms with Crippen molar-refractivity contribution in [3.05, 3.63) is 23.8 Å². The molecule has 2 rings (SSSR count). The summed E-state index contributed by atoms with van der Waals surface area (Å²) in [5.41, 5.74) is 2.13. The Balaban J connectivity index is 2.28. The Morgan fingerprint density at radius 2 is 2.24 bits per heavy atom. The van der Waals surface area contributed by atoms with E-state index in [2.05, 4.69) is 10.0 Å². The molecule has 0 amide bonds. The summed E-state index contributed by atoms with van der Waals surface area (Å²) in [6, 6.07) is 5.22. The highest BCUT2D eigenvalue weighted by atomic mass is 32.2. The number of sulfonamides is 1. The van der Waals surface area contributed by atoms with Crippen molar-refractivity contribution in [3.8, 4) is 0 Å². The van der Waals surface area contributed by atoms with Gasteiger partial charge in [0.05, 0.1) is 4.90 Å². The van der Waals surface area contributed by atoms with Crippen LogP contribution in [0, 0.1) is 0 Å². The topological polar surface area (TPSA) is 58.2 Å². The fourth-order valence-electron chi connectivity index (χ4n) is 1.86. The summed E-state index contributed by atoms with van der Waals surface area (Å²) in [6.45, 7) is 4.71. The molecule has 1 aromatic carbocycles. The molecule has 5 heteroatoms.